The monoisotopic (exact) mass is 326 g/mol. The third kappa shape index (κ3) is 3.23. The molecule has 0 radical (unpaired) electrons. The zero-order valence-corrected chi connectivity index (χ0v) is 13.5. The number of H-pyrrole nitrogens is 1. The predicted molar refractivity (Wildman–Crippen MR) is 91.4 cm³/mol. The van der Waals surface area contributed by atoms with E-state index in [2.05, 4.69) is 10.3 Å². The average Bonchev–Trinajstić information content (AvgIpc) is 2.97. The number of methoxy groups -OCH3 is 1. The minimum Gasteiger partial charge on any atom is -0.497 e. The summed E-state index contributed by atoms with van der Waals surface area (Å²) in [4.78, 5) is 15.9. The molecule has 2 aromatic carbocycles. The maximum Gasteiger partial charge on any atom is 0.356 e. The Morgan fingerprint density at radius 2 is 2.08 bits per heavy atom. The molecular formula is C18H20N3O3+. The van der Waals surface area contributed by atoms with Crippen LogP contribution in [0.2, 0.25) is 0 Å². The molecule has 6 nitrogen and oxygen atoms in total. The fraction of sp³-hybridized carbons (Fsp3) is 0.222. The van der Waals surface area contributed by atoms with E-state index in [1.54, 1.807) is 25.3 Å². The van der Waals surface area contributed by atoms with Crippen LogP contribution < -0.4 is 14.6 Å². The number of aromatic amines is 1. The van der Waals surface area contributed by atoms with Crippen LogP contribution in [0.1, 0.15) is 10.4 Å². The number of hydrogen-bond donors (Lipinski definition) is 3. The van der Waals surface area contributed by atoms with Crippen molar-refractivity contribution in [3.8, 4) is 5.75 Å². The fourth-order valence-electron chi connectivity index (χ4n) is 2.64. The van der Waals surface area contributed by atoms with E-state index in [4.69, 9.17) is 9.84 Å². The molecule has 0 saturated carbocycles. The number of para-hydroxylation sites is 2. The maximum absolute atomic E-state index is 12.7. The molecule has 1 aromatic heterocycles. The lowest BCUT2D eigenvalue weighted by molar-refractivity contribution is -0.642. The van der Waals surface area contributed by atoms with Crippen molar-refractivity contribution in [3.05, 3.63) is 54.1 Å². The minimum atomic E-state index is -0.0179. The van der Waals surface area contributed by atoms with Gasteiger partial charge in [-0.15, -0.1) is 0 Å². The molecule has 3 N–H and O–H groups in total. The predicted octanol–water partition coefficient (Wildman–Crippen LogP) is 1.75. The molecule has 124 valence electrons. The number of Topliss-reactive ketones (excluding diaryl/α,β-unsaturated/α-hetero) is 1. The van der Waals surface area contributed by atoms with Crippen molar-refractivity contribution in [2.45, 2.75) is 6.54 Å². The fourth-order valence-corrected chi connectivity index (χ4v) is 2.64. The first-order valence-corrected chi connectivity index (χ1v) is 7.75. The van der Waals surface area contributed by atoms with Gasteiger partial charge in [0.05, 0.1) is 20.3 Å². The lowest BCUT2D eigenvalue weighted by Crippen LogP contribution is -2.40. The summed E-state index contributed by atoms with van der Waals surface area (Å²) in [6, 6.07) is 14.9. The number of aliphatic hydroxyl groups is 1. The Kier molecular flexibility index (Phi) is 4.77. The number of ketones is 1. The van der Waals surface area contributed by atoms with Crippen LogP contribution in [-0.4, -0.2) is 36.1 Å². The van der Waals surface area contributed by atoms with E-state index in [0.717, 1.165) is 11.0 Å². The number of nitrogens with zero attached hydrogens (tertiary/aromatic N) is 1. The van der Waals surface area contributed by atoms with Crippen molar-refractivity contribution < 1.29 is 19.2 Å². The number of carbonyl (C=O) groups is 1. The second kappa shape index (κ2) is 7.14. The lowest BCUT2D eigenvalue weighted by Gasteiger charge is -2.05. The zero-order valence-electron chi connectivity index (χ0n) is 13.5. The summed E-state index contributed by atoms with van der Waals surface area (Å²) in [6.45, 7) is 0.601. The number of fused-ring (bicyclic) bond motifs is 1. The highest BCUT2D eigenvalue weighted by Crippen LogP contribution is 2.15. The number of nitrogens with one attached hydrogen (secondary N) is 2. The quantitative estimate of drug-likeness (QED) is 0.457. The van der Waals surface area contributed by atoms with Crippen LogP contribution in [0.15, 0.2) is 48.5 Å². The Hall–Kier alpha value is -2.86. The van der Waals surface area contributed by atoms with E-state index >= 15 is 0 Å². The molecule has 0 aliphatic carbocycles. The van der Waals surface area contributed by atoms with E-state index < -0.39 is 0 Å². The second-order valence-corrected chi connectivity index (χ2v) is 5.38. The molecule has 0 saturated heterocycles. The van der Waals surface area contributed by atoms with Crippen LogP contribution in [-0.2, 0) is 6.54 Å². The van der Waals surface area contributed by atoms with Crippen LogP contribution in [0.4, 0.5) is 5.95 Å². The van der Waals surface area contributed by atoms with Crippen LogP contribution in [0.3, 0.4) is 0 Å². The topological polar surface area (TPSA) is 78.2 Å². The molecule has 0 aliphatic rings. The second-order valence-electron chi connectivity index (χ2n) is 5.38. The Labute approximate surface area is 139 Å². The van der Waals surface area contributed by atoms with Crippen molar-refractivity contribution in [2.75, 3.05) is 25.6 Å². The Morgan fingerprint density at radius 1 is 1.25 bits per heavy atom. The molecule has 6 heteroatoms. The van der Waals surface area contributed by atoms with Crippen molar-refractivity contribution in [1.82, 2.24) is 4.98 Å². The van der Waals surface area contributed by atoms with E-state index in [1.165, 1.54) is 0 Å². The van der Waals surface area contributed by atoms with Gasteiger partial charge >= 0.3 is 5.95 Å². The van der Waals surface area contributed by atoms with Gasteiger partial charge in [-0.1, -0.05) is 24.3 Å². The van der Waals surface area contributed by atoms with Gasteiger partial charge in [0.2, 0.25) is 0 Å². The summed E-state index contributed by atoms with van der Waals surface area (Å²) in [5.41, 5.74) is 2.45. The van der Waals surface area contributed by atoms with Gasteiger partial charge in [-0.25, -0.2) is 9.55 Å². The van der Waals surface area contributed by atoms with Gasteiger partial charge in [-0.2, -0.15) is 0 Å². The molecule has 0 amide bonds. The third-order valence-corrected chi connectivity index (χ3v) is 3.82. The number of benzene rings is 2. The van der Waals surface area contributed by atoms with Crippen LogP contribution in [0.25, 0.3) is 11.0 Å². The summed E-state index contributed by atoms with van der Waals surface area (Å²) in [6.07, 6.45) is 0. The standard InChI is InChI=1S/C18H19N3O3/c1-24-14-6-4-5-13(11-14)17(23)12-21-16-8-3-2-7-15(16)20-18(21)19-9-10-22/h2-8,11,22H,9-10,12H2,1H3,(H,19,20)/p+1. The largest absolute Gasteiger partial charge is 0.497 e. The smallest absolute Gasteiger partial charge is 0.356 e. The number of hydrogen-bond acceptors (Lipinski definition) is 4. The molecule has 0 atom stereocenters. The van der Waals surface area contributed by atoms with Crippen molar-refractivity contribution in [1.29, 1.82) is 0 Å². The maximum atomic E-state index is 12.7. The van der Waals surface area contributed by atoms with E-state index in [1.807, 2.05) is 34.9 Å². The molecule has 3 aromatic rings. The molecule has 3 rings (SSSR count). The van der Waals surface area contributed by atoms with Gasteiger partial charge in [0.1, 0.15) is 23.3 Å². The Morgan fingerprint density at radius 3 is 2.88 bits per heavy atom. The summed E-state index contributed by atoms with van der Waals surface area (Å²) in [5, 5.41) is 12.2. The molecule has 0 spiro atoms. The highest BCUT2D eigenvalue weighted by atomic mass is 16.5. The molecular weight excluding hydrogens is 306 g/mol. The molecule has 0 bridgehead atoms. The lowest BCUT2D eigenvalue weighted by atomic mass is 10.1. The molecule has 1 heterocycles. The van der Waals surface area contributed by atoms with Crippen molar-refractivity contribution >= 4 is 22.8 Å². The van der Waals surface area contributed by atoms with Crippen molar-refractivity contribution in [2.24, 2.45) is 0 Å². The molecule has 0 unspecified atom stereocenters. The zero-order chi connectivity index (χ0) is 16.9. The summed E-state index contributed by atoms with van der Waals surface area (Å²) >= 11 is 0. The SMILES string of the molecule is COc1cccc(C(=O)C[n+]2c(NCCO)[nH]c3ccccc32)c1. The number of anilines is 1. The first-order chi connectivity index (χ1) is 11.7. The average molecular weight is 326 g/mol. The number of aliphatic hydroxyl groups excluding tert-OH is 1. The van der Waals surface area contributed by atoms with Gasteiger partial charge in [0, 0.05) is 5.56 Å². The van der Waals surface area contributed by atoms with Crippen LogP contribution in [0.5, 0.6) is 5.75 Å². The number of aromatic nitrogens is 2. The third-order valence-electron chi connectivity index (χ3n) is 3.82. The number of imidazole rings is 1. The van der Waals surface area contributed by atoms with E-state index in [0.29, 0.717) is 23.8 Å². The highest BCUT2D eigenvalue weighted by molar-refractivity contribution is 5.95. The number of carbonyl (C=O) groups excluding carboxylic acids is 1. The normalized spacial score (nSPS) is 10.8. The van der Waals surface area contributed by atoms with Crippen molar-refractivity contribution in [3.63, 3.8) is 0 Å². The van der Waals surface area contributed by atoms with E-state index in [-0.39, 0.29) is 18.9 Å². The molecule has 24 heavy (non-hydrogen) atoms. The van der Waals surface area contributed by atoms with Gasteiger partial charge in [-0.3, -0.25) is 10.1 Å². The Balaban J connectivity index is 1.94. The first-order valence-electron chi connectivity index (χ1n) is 7.75. The van der Waals surface area contributed by atoms with Gasteiger partial charge in [0.15, 0.2) is 5.78 Å². The summed E-state index contributed by atoms with van der Waals surface area (Å²) in [7, 11) is 1.58. The van der Waals surface area contributed by atoms with Crippen LogP contribution in [0, 0.1) is 0 Å². The number of ether oxygens (including phenoxy) is 1. The minimum absolute atomic E-state index is 0.0131. The summed E-state index contributed by atoms with van der Waals surface area (Å²) in [5.74, 6) is 1.33. The van der Waals surface area contributed by atoms with Gasteiger partial charge < -0.3 is 9.84 Å². The Bertz CT molecular complexity index is 858. The van der Waals surface area contributed by atoms with Gasteiger partial charge in [0.25, 0.3) is 0 Å². The van der Waals surface area contributed by atoms with Gasteiger partial charge in [-0.05, 0) is 24.3 Å². The summed E-state index contributed by atoms with van der Waals surface area (Å²) < 4.78 is 7.06. The first kappa shape index (κ1) is 16.0. The van der Waals surface area contributed by atoms with Crippen LogP contribution >= 0.6 is 0 Å². The molecule has 0 fully saturated rings. The molecule has 0 aliphatic heterocycles. The highest BCUT2D eigenvalue weighted by Gasteiger charge is 2.20. The van der Waals surface area contributed by atoms with E-state index in [9.17, 15) is 4.79 Å². The number of rotatable bonds is 7.